The molecule has 2 atom stereocenters. The first-order chi connectivity index (χ1) is 6.87. The third-order valence-electron chi connectivity index (χ3n) is 3.61. The summed E-state index contributed by atoms with van der Waals surface area (Å²) in [4.78, 5) is 0. The lowest BCUT2D eigenvalue weighted by molar-refractivity contribution is -0.221. The van der Waals surface area contributed by atoms with Crippen LogP contribution in [0.2, 0.25) is 0 Å². The highest BCUT2D eigenvalue weighted by Crippen LogP contribution is 2.46. The van der Waals surface area contributed by atoms with Crippen molar-refractivity contribution >= 4 is 0 Å². The van der Waals surface area contributed by atoms with Gasteiger partial charge in [-0.3, -0.25) is 0 Å². The molecule has 2 nitrogen and oxygen atoms in total. The zero-order valence-corrected chi connectivity index (χ0v) is 9.26. The molecule has 0 bridgehead atoms. The smallest absolute Gasteiger partial charge is 0.171 e. The van der Waals surface area contributed by atoms with Gasteiger partial charge in [-0.1, -0.05) is 19.8 Å². The SMILES string of the molecule is CCCCCOC12CCCC1CCO2. The molecule has 0 spiro atoms. The highest BCUT2D eigenvalue weighted by atomic mass is 16.7. The average molecular weight is 198 g/mol. The van der Waals surface area contributed by atoms with Crippen molar-refractivity contribution in [3.05, 3.63) is 0 Å². The maximum Gasteiger partial charge on any atom is 0.171 e. The van der Waals surface area contributed by atoms with Gasteiger partial charge in [0.05, 0.1) is 13.2 Å². The fourth-order valence-electron chi connectivity index (χ4n) is 2.78. The predicted molar refractivity (Wildman–Crippen MR) is 56.1 cm³/mol. The van der Waals surface area contributed by atoms with Crippen LogP contribution in [0.4, 0.5) is 0 Å². The summed E-state index contributed by atoms with van der Waals surface area (Å²) in [7, 11) is 0. The lowest BCUT2D eigenvalue weighted by Gasteiger charge is -2.28. The summed E-state index contributed by atoms with van der Waals surface area (Å²) >= 11 is 0. The Morgan fingerprint density at radius 1 is 1.36 bits per heavy atom. The minimum atomic E-state index is -0.145. The summed E-state index contributed by atoms with van der Waals surface area (Å²) in [6.45, 7) is 4.03. The molecule has 2 unspecified atom stereocenters. The van der Waals surface area contributed by atoms with Crippen molar-refractivity contribution in [1.29, 1.82) is 0 Å². The van der Waals surface area contributed by atoms with Gasteiger partial charge in [-0.25, -0.2) is 0 Å². The van der Waals surface area contributed by atoms with Crippen LogP contribution in [0.25, 0.3) is 0 Å². The van der Waals surface area contributed by atoms with Crippen LogP contribution in [-0.4, -0.2) is 19.0 Å². The monoisotopic (exact) mass is 198 g/mol. The molecule has 0 N–H and O–H groups in total. The van der Waals surface area contributed by atoms with E-state index in [4.69, 9.17) is 9.47 Å². The highest BCUT2D eigenvalue weighted by molar-refractivity contribution is 4.90. The molecule has 0 amide bonds. The van der Waals surface area contributed by atoms with Crippen molar-refractivity contribution in [1.82, 2.24) is 0 Å². The molecule has 2 aliphatic rings. The molecule has 0 aromatic carbocycles. The number of unbranched alkanes of at least 4 members (excludes halogenated alkanes) is 2. The van der Waals surface area contributed by atoms with Gasteiger partial charge in [0.25, 0.3) is 0 Å². The van der Waals surface area contributed by atoms with Gasteiger partial charge >= 0.3 is 0 Å². The van der Waals surface area contributed by atoms with E-state index in [2.05, 4.69) is 6.92 Å². The van der Waals surface area contributed by atoms with E-state index in [0.717, 1.165) is 19.6 Å². The van der Waals surface area contributed by atoms with E-state index in [1.54, 1.807) is 0 Å². The molecule has 1 aliphatic heterocycles. The minimum Gasteiger partial charge on any atom is -0.350 e. The first-order valence-electron chi connectivity index (χ1n) is 6.15. The van der Waals surface area contributed by atoms with Crippen LogP contribution in [0.5, 0.6) is 0 Å². The molecule has 1 saturated heterocycles. The highest BCUT2D eigenvalue weighted by Gasteiger charge is 2.48. The second-order valence-corrected chi connectivity index (χ2v) is 4.59. The molecular weight excluding hydrogens is 176 g/mol. The Balaban J connectivity index is 1.77. The molecule has 1 heterocycles. The maximum atomic E-state index is 5.99. The molecule has 82 valence electrons. The van der Waals surface area contributed by atoms with Gasteiger partial charge in [-0.05, 0) is 25.7 Å². The van der Waals surface area contributed by atoms with Crippen LogP contribution in [0.1, 0.15) is 51.9 Å². The largest absolute Gasteiger partial charge is 0.350 e. The van der Waals surface area contributed by atoms with Gasteiger partial charge in [0.2, 0.25) is 0 Å². The van der Waals surface area contributed by atoms with Gasteiger partial charge in [0, 0.05) is 12.3 Å². The summed E-state index contributed by atoms with van der Waals surface area (Å²) in [6.07, 6.45) is 8.68. The van der Waals surface area contributed by atoms with Gasteiger partial charge < -0.3 is 9.47 Å². The third kappa shape index (κ3) is 1.96. The second kappa shape index (κ2) is 4.63. The Kier molecular flexibility index (Phi) is 3.45. The van der Waals surface area contributed by atoms with Crippen molar-refractivity contribution in [2.45, 2.75) is 57.7 Å². The van der Waals surface area contributed by atoms with Crippen molar-refractivity contribution in [2.75, 3.05) is 13.2 Å². The van der Waals surface area contributed by atoms with Crippen LogP contribution < -0.4 is 0 Å². The second-order valence-electron chi connectivity index (χ2n) is 4.59. The molecule has 0 aromatic heterocycles. The van der Waals surface area contributed by atoms with Gasteiger partial charge in [-0.2, -0.15) is 0 Å². The molecule has 1 saturated carbocycles. The molecule has 1 aliphatic carbocycles. The quantitative estimate of drug-likeness (QED) is 0.632. The molecule has 0 radical (unpaired) electrons. The number of hydrogen-bond donors (Lipinski definition) is 0. The Bertz CT molecular complexity index is 169. The summed E-state index contributed by atoms with van der Waals surface area (Å²) in [5, 5.41) is 0. The fourth-order valence-corrected chi connectivity index (χ4v) is 2.78. The van der Waals surface area contributed by atoms with E-state index in [1.165, 1.54) is 38.5 Å². The van der Waals surface area contributed by atoms with Crippen molar-refractivity contribution < 1.29 is 9.47 Å². The average Bonchev–Trinajstić information content (AvgIpc) is 2.71. The zero-order valence-electron chi connectivity index (χ0n) is 9.26. The number of ether oxygens (including phenoxy) is 2. The molecular formula is C12H22O2. The van der Waals surface area contributed by atoms with E-state index < -0.39 is 0 Å². The van der Waals surface area contributed by atoms with E-state index in [0.29, 0.717) is 5.92 Å². The van der Waals surface area contributed by atoms with Crippen molar-refractivity contribution in [3.8, 4) is 0 Å². The normalized spacial score (nSPS) is 36.2. The molecule has 0 aromatic rings. The minimum absolute atomic E-state index is 0.145. The van der Waals surface area contributed by atoms with Gasteiger partial charge in [0.15, 0.2) is 5.79 Å². The van der Waals surface area contributed by atoms with Gasteiger partial charge in [-0.15, -0.1) is 0 Å². The Morgan fingerprint density at radius 2 is 2.29 bits per heavy atom. The summed E-state index contributed by atoms with van der Waals surface area (Å²) in [6, 6.07) is 0. The van der Waals surface area contributed by atoms with Crippen LogP contribution >= 0.6 is 0 Å². The molecule has 2 rings (SSSR count). The van der Waals surface area contributed by atoms with Gasteiger partial charge in [0.1, 0.15) is 0 Å². The van der Waals surface area contributed by atoms with Crippen LogP contribution in [0.15, 0.2) is 0 Å². The van der Waals surface area contributed by atoms with Crippen LogP contribution in [0.3, 0.4) is 0 Å². The van der Waals surface area contributed by atoms with Crippen LogP contribution in [0, 0.1) is 5.92 Å². The maximum absolute atomic E-state index is 5.99. The van der Waals surface area contributed by atoms with E-state index in [-0.39, 0.29) is 5.79 Å². The molecule has 2 heteroatoms. The molecule has 2 fully saturated rings. The van der Waals surface area contributed by atoms with Crippen LogP contribution in [-0.2, 0) is 9.47 Å². The number of hydrogen-bond acceptors (Lipinski definition) is 2. The first kappa shape index (κ1) is 10.4. The standard InChI is InChI=1S/C12H22O2/c1-2-3-4-9-13-12-8-5-6-11(12)7-10-14-12/h11H,2-10H2,1H3. The molecule has 14 heavy (non-hydrogen) atoms. The Labute approximate surface area is 87.0 Å². The number of fused-ring (bicyclic) bond motifs is 1. The third-order valence-corrected chi connectivity index (χ3v) is 3.61. The topological polar surface area (TPSA) is 18.5 Å². The Morgan fingerprint density at radius 3 is 3.14 bits per heavy atom. The summed E-state index contributed by atoms with van der Waals surface area (Å²) < 4.78 is 11.8. The van der Waals surface area contributed by atoms with Crippen molar-refractivity contribution in [2.24, 2.45) is 5.92 Å². The lowest BCUT2D eigenvalue weighted by Crippen LogP contribution is -2.34. The van der Waals surface area contributed by atoms with E-state index in [9.17, 15) is 0 Å². The van der Waals surface area contributed by atoms with E-state index >= 15 is 0 Å². The van der Waals surface area contributed by atoms with E-state index in [1.807, 2.05) is 0 Å². The first-order valence-corrected chi connectivity index (χ1v) is 6.15. The van der Waals surface area contributed by atoms with Crippen molar-refractivity contribution in [3.63, 3.8) is 0 Å². The summed E-state index contributed by atoms with van der Waals surface area (Å²) in [5.74, 6) is 0.553. The summed E-state index contributed by atoms with van der Waals surface area (Å²) in [5.41, 5.74) is 0. The lowest BCUT2D eigenvalue weighted by atomic mass is 10.0. The number of rotatable bonds is 5. The predicted octanol–water partition coefficient (Wildman–Crippen LogP) is 3.11. The zero-order chi connectivity index (χ0) is 9.86. The Hall–Kier alpha value is -0.0800. The fraction of sp³-hybridized carbons (Fsp3) is 1.00.